The fourth-order valence-corrected chi connectivity index (χ4v) is 2.45. The molecular weight excluding hydrogens is 362 g/mol. The van der Waals surface area contributed by atoms with Crippen LogP contribution in [-0.2, 0) is 4.79 Å². The summed E-state index contributed by atoms with van der Waals surface area (Å²) in [4.78, 5) is 23.2. The van der Waals surface area contributed by atoms with E-state index in [1.807, 2.05) is 38.1 Å². The lowest BCUT2D eigenvalue weighted by Crippen LogP contribution is -2.36. The highest BCUT2D eigenvalue weighted by atomic mass is 16.5. The van der Waals surface area contributed by atoms with E-state index < -0.39 is 12.6 Å². The van der Waals surface area contributed by atoms with Crippen LogP contribution in [0.3, 0.4) is 0 Å². The van der Waals surface area contributed by atoms with Crippen molar-refractivity contribution in [2.24, 2.45) is 0 Å². The molecule has 0 spiro atoms. The summed E-state index contributed by atoms with van der Waals surface area (Å²) in [6.45, 7) is 5.82. The summed E-state index contributed by atoms with van der Waals surface area (Å²) >= 11 is 0. The van der Waals surface area contributed by atoms with Crippen LogP contribution in [0.1, 0.15) is 29.8 Å². The van der Waals surface area contributed by atoms with E-state index in [1.165, 1.54) is 12.1 Å². The summed E-state index contributed by atoms with van der Waals surface area (Å²) in [5.74, 6) is -0.0332. The number of amides is 1. The minimum Gasteiger partial charge on any atom is -0.491 e. The maximum atomic E-state index is 12.5. The van der Waals surface area contributed by atoms with E-state index in [0.717, 1.165) is 11.3 Å². The number of carbonyl (C=O) groups is 2. The molecule has 2 aromatic carbocycles. The molecule has 2 N–H and O–H groups in total. The van der Waals surface area contributed by atoms with Gasteiger partial charge in [-0.05, 0) is 56.7 Å². The highest BCUT2D eigenvalue weighted by Gasteiger charge is 2.15. The molecule has 1 amide bonds. The normalized spacial score (nSPS) is 11.4. The van der Waals surface area contributed by atoms with Crippen molar-refractivity contribution in [3.8, 4) is 17.2 Å². The van der Waals surface area contributed by atoms with E-state index in [4.69, 9.17) is 19.3 Å². The third kappa shape index (κ3) is 6.50. The lowest BCUT2D eigenvalue weighted by atomic mass is 10.1. The Morgan fingerprint density at radius 2 is 1.86 bits per heavy atom. The van der Waals surface area contributed by atoms with Crippen molar-refractivity contribution < 1.29 is 28.9 Å². The molecule has 2 aromatic rings. The smallest absolute Gasteiger partial charge is 0.341 e. The van der Waals surface area contributed by atoms with Crippen LogP contribution in [0.15, 0.2) is 42.5 Å². The van der Waals surface area contributed by atoms with Crippen molar-refractivity contribution in [2.45, 2.75) is 26.8 Å². The van der Waals surface area contributed by atoms with Crippen molar-refractivity contribution in [3.63, 3.8) is 0 Å². The Kier molecular flexibility index (Phi) is 7.68. The molecule has 28 heavy (non-hydrogen) atoms. The molecule has 0 saturated carbocycles. The SMILES string of the molecule is CCOc1cc(C(=O)NC(C)COc2cccc(C)c2)ccc1OCC(=O)O. The molecule has 0 radical (unpaired) electrons. The number of aliphatic carboxylic acids is 1. The van der Waals surface area contributed by atoms with Crippen LogP contribution >= 0.6 is 0 Å². The minimum atomic E-state index is -1.09. The van der Waals surface area contributed by atoms with Crippen molar-refractivity contribution in [3.05, 3.63) is 53.6 Å². The minimum absolute atomic E-state index is 0.216. The Morgan fingerprint density at radius 1 is 1.07 bits per heavy atom. The van der Waals surface area contributed by atoms with Crippen molar-refractivity contribution >= 4 is 11.9 Å². The molecule has 0 fully saturated rings. The van der Waals surface area contributed by atoms with Gasteiger partial charge in [-0.2, -0.15) is 0 Å². The fraction of sp³-hybridized carbons (Fsp3) is 0.333. The van der Waals surface area contributed by atoms with Crippen LogP contribution in [0, 0.1) is 6.92 Å². The molecule has 1 unspecified atom stereocenters. The van der Waals surface area contributed by atoms with Gasteiger partial charge in [0.05, 0.1) is 12.6 Å². The third-order valence-electron chi connectivity index (χ3n) is 3.72. The maximum Gasteiger partial charge on any atom is 0.341 e. The van der Waals surface area contributed by atoms with Gasteiger partial charge in [0, 0.05) is 5.56 Å². The van der Waals surface area contributed by atoms with Gasteiger partial charge in [-0.3, -0.25) is 4.79 Å². The Hall–Kier alpha value is -3.22. The van der Waals surface area contributed by atoms with E-state index in [2.05, 4.69) is 5.32 Å². The van der Waals surface area contributed by atoms with Gasteiger partial charge in [-0.1, -0.05) is 12.1 Å². The molecule has 2 rings (SSSR count). The summed E-state index contributed by atoms with van der Waals surface area (Å²) < 4.78 is 16.4. The molecular formula is C21H25NO6. The number of nitrogens with one attached hydrogen (secondary N) is 1. The van der Waals surface area contributed by atoms with Crippen LogP contribution in [-0.4, -0.2) is 42.8 Å². The second-order valence-electron chi connectivity index (χ2n) is 6.28. The van der Waals surface area contributed by atoms with Gasteiger partial charge < -0.3 is 24.6 Å². The summed E-state index contributed by atoms with van der Waals surface area (Å²) in [6.07, 6.45) is 0. The van der Waals surface area contributed by atoms with Gasteiger partial charge in [0.15, 0.2) is 18.1 Å². The predicted molar refractivity (Wildman–Crippen MR) is 104 cm³/mol. The van der Waals surface area contributed by atoms with Crippen LogP contribution < -0.4 is 19.5 Å². The standard InChI is InChI=1S/C21H25NO6/c1-4-26-19-11-16(8-9-18(19)28-13-20(23)24)21(25)22-15(3)12-27-17-7-5-6-14(2)10-17/h5-11,15H,4,12-13H2,1-3H3,(H,22,25)(H,23,24). The van der Waals surface area contributed by atoms with Gasteiger partial charge >= 0.3 is 5.97 Å². The first-order valence-electron chi connectivity index (χ1n) is 9.00. The van der Waals surface area contributed by atoms with Crippen LogP contribution in [0.5, 0.6) is 17.2 Å². The maximum absolute atomic E-state index is 12.5. The number of carbonyl (C=O) groups excluding carboxylic acids is 1. The third-order valence-corrected chi connectivity index (χ3v) is 3.72. The van der Waals surface area contributed by atoms with Crippen LogP contribution in [0.25, 0.3) is 0 Å². The number of aryl methyl sites for hydroxylation is 1. The zero-order valence-electron chi connectivity index (χ0n) is 16.2. The quantitative estimate of drug-likeness (QED) is 0.651. The number of hydrogen-bond donors (Lipinski definition) is 2. The van der Waals surface area contributed by atoms with Crippen molar-refractivity contribution in [1.29, 1.82) is 0 Å². The lowest BCUT2D eigenvalue weighted by molar-refractivity contribution is -0.139. The van der Waals surface area contributed by atoms with E-state index in [9.17, 15) is 9.59 Å². The van der Waals surface area contributed by atoms with E-state index >= 15 is 0 Å². The fourth-order valence-electron chi connectivity index (χ4n) is 2.45. The number of benzene rings is 2. The zero-order valence-corrected chi connectivity index (χ0v) is 16.2. The largest absolute Gasteiger partial charge is 0.491 e. The van der Waals surface area contributed by atoms with E-state index in [1.54, 1.807) is 13.0 Å². The number of carboxylic acids is 1. The number of carboxylic acid groups (broad SMARTS) is 1. The van der Waals surface area contributed by atoms with Crippen LogP contribution in [0.4, 0.5) is 0 Å². The van der Waals surface area contributed by atoms with Crippen LogP contribution in [0.2, 0.25) is 0 Å². The molecule has 0 saturated heterocycles. The average molecular weight is 387 g/mol. The average Bonchev–Trinajstić information content (AvgIpc) is 2.65. The first-order valence-corrected chi connectivity index (χ1v) is 9.00. The number of hydrogen-bond acceptors (Lipinski definition) is 5. The predicted octanol–water partition coefficient (Wildman–Crippen LogP) is 3.05. The molecule has 0 bridgehead atoms. The number of rotatable bonds is 10. The second kappa shape index (κ2) is 10.2. The summed E-state index contributed by atoms with van der Waals surface area (Å²) in [6, 6.07) is 12.1. The van der Waals surface area contributed by atoms with Crippen molar-refractivity contribution in [1.82, 2.24) is 5.32 Å². The van der Waals surface area contributed by atoms with Gasteiger partial charge in [-0.25, -0.2) is 4.79 Å². The molecule has 0 aromatic heterocycles. The number of ether oxygens (including phenoxy) is 3. The summed E-state index contributed by atoms with van der Waals surface area (Å²) in [5, 5.41) is 11.6. The first-order chi connectivity index (χ1) is 13.4. The lowest BCUT2D eigenvalue weighted by Gasteiger charge is -2.16. The molecule has 0 aliphatic carbocycles. The molecule has 0 aliphatic heterocycles. The van der Waals surface area contributed by atoms with Gasteiger partial charge in [-0.15, -0.1) is 0 Å². The highest BCUT2D eigenvalue weighted by molar-refractivity contribution is 5.95. The first kappa shape index (κ1) is 21.1. The summed E-state index contributed by atoms with van der Waals surface area (Å²) in [5.41, 5.74) is 1.48. The second-order valence-corrected chi connectivity index (χ2v) is 6.28. The Balaban J connectivity index is 1.98. The van der Waals surface area contributed by atoms with E-state index in [0.29, 0.717) is 24.5 Å². The summed E-state index contributed by atoms with van der Waals surface area (Å²) in [7, 11) is 0. The molecule has 0 aliphatic rings. The Morgan fingerprint density at radius 3 is 2.54 bits per heavy atom. The van der Waals surface area contributed by atoms with Gasteiger partial charge in [0.1, 0.15) is 12.4 Å². The Bertz CT molecular complexity index is 820. The topological polar surface area (TPSA) is 94.1 Å². The Labute approximate surface area is 164 Å². The molecule has 150 valence electrons. The van der Waals surface area contributed by atoms with E-state index in [-0.39, 0.29) is 17.7 Å². The molecule has 1 atom stereocenters. The zero-order chi connectivity index (χ0) is 20.5. The highest BCUT2D eigenvalue weighted by Crippen LogP contribution is 2.28. The molecule has 7 heteroatoms. The van der Waals surface area contributed by atoms with Gasteiger partial charge in [0.25, 0.3) is 5.91 Å². The van der Waals surface area contributed by atoms with Crippen molar-refractivity contribution in [2.75, 3.05) is 19.8 Å². The van der Waals surface area contributed by atoms with Gasteiger partial charge in [0.2, 0.25) is 0 Å². The monoisotopic (exact) mass is 387 g/mol. The molecule has 7 nitrogen and oxygen atoms in total. The molecule has 0 heterocycles.